The van der Waals surface area contributed by atoms with Crippen molar-refractivity contribution in [3.8, 4) is 11.4 Å². The Morgan fingerprint density at radius 2 is 2.03 bits per heavy atom. The summed E-state index contributed by atoms with van der Waals surface area (Å²) in [6, 6.07) is -0.0250. The van der Waals surface area contributed by atoms with Gasteiger partial charge in [0.25, 0.3) is 0 Å². The summed E-state index contributed by atoms with van der Waals surface area (Å²) in [6.07, 6.45) is 3.70. The zero-order valence-corrected chi connectivity index (χ0v) is 17.6. The van der Waals surface area contributed by atoms with Crippen molar-refractivity contribution in [2.75, 3.05) is 35.0 Å². The van der Waals surface area contributed by atoms with Gasteiger partial charge in [-0.3, -0.25) is 8.71 Å². The molecule has 2 aliphatic heterocycles. The van der Waals surface area contributed by atoms with Gasteiger partial charge in [0.2, 0.25) is 10.0 Å². The molecule has 170 valence electrons. The van der Waals surface area contributed by atoms with E-state index < -0.39 is 33.9 Å². The fraction of sp³-hybridized carbons (Fsp3) is 0.421. The van der Waals surface area contributed by atoms with Crippen LogP contribution in [-0.2, 0) is 10.0 Å². The van der Waals surface area contributed by atoms with Gasteiger partial charge in [-0.15, -0.1) is 0 Å². The fourth-order valence-corrected chi connectivity index (χ4v) is 5.47. The molecular weight excluding hydrogens is 447 g/mol. The van der Waals surface area contributed by atoms with Gasteiger partial charge in [-0.1, -0.05) is 0 Å². The quantitative estimate of drug-likeness (QED) is 0.602. The molecule has 9 nitrogen and oxygen atoms in total. The van der Waals surface area contributed by atoms with Crippen LogP contribution in [0.1, 0.15) is 12.8 Å². The summed E-state index contributed by atoms with van der Waals surface area (Å²) in [5, 5.41) is 5.74. The minimum atomic E-state index is -3.47. The minimum absolute atomic E-state index is 0.0261. The Kier molecular flexibility index (Phi) is 5.16. The molecule has 0 spiro atoms. The fourth-order valence-electron chi connectivity index (χ4n) is 3.97. The van der Waals surface area contributed by atoms with Crippen LogP contribution in [0.4, 0.5) is 24.8 Å². The smallest absolute Gasteiger partial charge is 0.236 e. The number of imidazole rings is 1. The Morgan fingerprint density at radius 1 is 1.19 bits per heavy atom. The van der Waals surface area contributed by atoms with Crippen LogP contribution >= 0.6 is 0 Å². The van der Waals surface area contributed by atoms with Crippen molar-refractivity contribution in [2.45, 2.75) is 25.1 Å². The van der Waals surface area contributed by atoms with E-state index in [4.69, 9.17) is 0 Å². The lowest BCUT2D eigenvalue weighted by molar-refractivity contribution is 0.240. The summed E-state index contributed by atoms with van der Waals surface area (Å²) in [4.78, 5) is 12.4. The van der Waals surface area contributed by atoms with Gasteiger partial charge >= 0.3 is 0 Å². The van der Waals surface area contributed by atoms with E-state index in [9.17, 15) is 21.6 Å². The number of alkyl halides is 1. The molecule has 0 radical (unpaired) electrons. The van der Waals surface area contributed by atoms with Crippen molar-refractivity contribution < 1.29 is 21.6 Å². The summed E-state index contributed by atoms with van der Waals surface area (Å²) < 4.78 is 70.4. The van der Waals surface area contributed by atoms with Crippen LogP contribution in [0.5, 0.6) is 0 Å². The standard InChI is InChI=1S/C19H20F3N7O2S/c20-11-2-3-23-7-14(11)26-19-13(22)6-12(21)18(27-19)15-8-24-16-9-25-17(10-28(15)16)29-4-1-5-32(29,30)31/h6,8-11,14,23H,1-5,7H2,(H,26,27). The van der Waals surface area contributed by atoms with Crippen LogP contribution in [0.3, 0.4) is 0 Å². The molecule has 2 unspecified atom stereocenters. The number of pyridine rings is 1. The van der Waals surface area contributed by atoms with E-state index in [-0.39, 0.29) is 41.7 Å². The van der Waals surface area contributed by atoms with E-state index in [1.165, 1.54) is 27.3 Å². The predicted octanol–water partition coefficient (Wildman–Crippen LogP) is 1.72. The number of aromatic nitrogens is 4. The molecule has 2 atom stereocenters. The number of rotatable bonds is 4. The number of halogens is 3. The number of hydrogen-bond donors (Lipinski definition) is 2. The molecule has 2 fully saturated rings. The third-order valence-corrected chi connectivity index (χ3v) is 7.47. The molecular formula is C19H20F3N7O2S. The monoisotopic (exact) mass is 467 g/mol. The maximum atomic E-state index is 14.7. The van der Waals surface area contributed by atoms with E-state index in [1.54, 1.807) is 0 Å². The Morgan fingerprint density at radius 3 is 2.78 bits per heavy atom. The van der Waals surface area contributed by atoms with E-state index in [1.807, 2.05) is 0 Å². The van der Waals surface area contributed by atoms with Crippen molar-refractivity contribution >= 4 is 27.3 Å². The molecule has 0 bridgehead atoms. The van der Waals surface area contributed by atoms with Gasteiger partial charge < -0.3 is 10.6 Å². The first-order chi connectivity index (χ1) is 15.3. The minimum Gasteiger partial charge on any atom is -0.361 e. The van der Waals surface area contributed by atoms with Gasteiger partial charge in [0.15, 0.2) is 28.9 Å². The first kappa shape index (κ1) is 20.9. The van der Waals surface area contributed by atoms with Crippen LogP contribution in [0.25, 0.3) is 17.0 Å². The number of hydrogen-bond acceptors (Lipinski definition) is 7. The van der Waals surface area contributed by atoms with Crippen LogP contribution in [0.15, 0.2) is 24.7 Å². The molecule has 0 saturated carbocycles. The third kappa shape index (κ3) is 3.64. The van der Waals surface area contributed by atoms with Gasteiger partial charge in [-0.2, -0.15) is 0 Å². The number of nitrogens with zero attached hydrogens (tertiary/aromatic N) is 5. The topological polar surface area (TPSA) is 105 Å². The first-order valence-corrected chi connectivity index (χ1v) is 11.8. The van der Waals surface area contributed by atoms with Crippen molar-refractivity contribution in [1.29, 1.82) is 0 Å². The molecule has 5 rings (SSSR count). The number of nitrogens with one attached hydrogen (secondary N) is 2. The zero-order chi connectivity index (χ0) is 22.5. The van der Waals surface area contributed by atoms with Crippen LogP contribution in [-0.4, -0.2) is 65.4 Å². The highest BCUT2D eigenvalue weighted by molar-refractivity contribution is 7.93. The van der Waals surface area contributed by atoms with Crippen molar-refractivity contribution in [2.24, 2.45) is 0 Å². The SMILES string of the molecule is O=S1(=O)CCCN1c1cn2c(-c3nc(NC4CNCCC4F)c(F)cc3F)cnc2cn1. The van der Waals surface area contributed by atoms with Gasteiger partial charge in [0.1, 0.15) is 11.9 Å². The summed E-state index contributed by atoms with van der Waals surface area (Å²) in [5.41, 5.74) is 0.307. The molecule has 13 heteroatoms. The highest BCUT2D eigenvalue weighted by atomic mass is 32.2. The lowest BCUT2D eigenvalue weighted by Gasteiger charge is -2.28. The molecule has 3 aromatic heterocycles. The van der Waals surface area contributed by atoms with Crippen LogP contribution < -0.4 is 14.9 Å². The molecule has 3 aromatic rings. The van der Waals surface area contributed by atoms with Gasteiger partial charge in [-0.05, 0) is 19.4 Å². The van der Waals surface area contributed by atoms with E-state index in [0.29, 0.717) is 31.2 Å². The van der Waals surface area contributed by atoms with Gasteiger partial charge in [0.05, 0.1) is 36.1 Å². The second kappa shape index (κ2) is 7.89. The lowest BCUT2D eigenvalue weighted by Crippen LogP contribution is -2.46. The molecule has 2 N–H and O–H groups in total. The van der Waals surface area contributed by atoms with Gasteiger partial charge in [0, 0.05) is 19.2 Å². The molecule has 0 amide bonds. The highest BCUT2D eigenvalue weighted by Crippen LogP contribution is 2.29. The maximum Gasteiger partial charge on any atom is 0.236 e. The first-order valence-electron chi connectivity index (χ1n) is 10.1. The van der Waals surface area contributed by atoms with E-state index in [2.05, 4.69) is 25.6 Å². The van der Waals surface area contributed by atoms with Crippen molar-refractivity contribution in [3.05, 3.63) is 36.3 Å². The third-order valence-electron chi connectivity index (χ3n) is 5.63. The average Bonchev–Trinajstić information content (AvgIpc) is 3.33. The molecule has 0 aliphatic carbocycles. The predicted molar refractivity (Wildman–Crippen MR) is 112 cm³/mol. The molecule has 2 aliphatic rings. The Bertz CT molecular complexity index is 1280. The molecule has 2 saturated heterocycles. The summed E-state index contributed by atoms with van der Waals surface area (Å²) in [6.45, 7) is 1.10. The summed E-state index contributed by atoms with van der Waals surface area (Å²) >= 11 is 0. The Hall–Kier alpha value is -2.93. The number of anilines is 2. The number of sulfonamides is 1. The normalized spacial score (nSPS) is 23.0. The van der Waals surface area contributed by atoms with Crippen LogP contribution in [0.2, 0.25) is 0 Å². The highest BCUT2D eigenvalue weighted by Gasteiger charge is 2.30. The second-order valence-corrected chi connectivity index (χ2v) is 9.78. The summed E-state index contributed by atoms with van der Waals surface area (Å²) in [5.74, 6) is -1.95. The largest absolute Gasteiger partial charge is 0.361 e. The maximum absolute atomic E-state index is 14.7. The summed E-state index contributed by atoms with van der Waals surface area (Å²) in [7, 11) is -3.47. The average molecular weight is 467 g/mol. The zero-order valence-electron chi connectivity index (χ0n) is 16.8. The number of fused-ring (bicyclic) bond motifs is 1. The van der Waals surface area contributed by atoms with Crippen molar-refractivity contribution in [3.63, 3.8) is 0 Å². The van der Waals surface area contributed by atoms with Gasteiger partial charge in [-0.25, -0.2) is 36.5 Å². The van der Waals surface area contributed by atoms with Crippen LogP contribution in [0, 0.1) is 11.6 Å². The lowest BCUT2D eigenvalue weighted by atomic mass is 10.1. The Balaban J connectivity index is 1.55. The van der Waals surface area contributed by atoms with E-state index in [0.717, 1.165) is 0 Å². The molecule has 32 heavy (non-hydrogen) atoms. The Labute approximate surface area is 181 Å². The van der Waals surface area contributed by atoms with Crippen molar-refractivity contribution in [1.82, 2.24) is 24.7 Å². The molecule has 0 aromatic carbocycles. The number of piperidine rings is 1. The van der Waals surface area contributed by atoms with E-state index >= 15 is 0 Å². The second-order valence-electron chi connectivity index (χ2n) is 7.77. The molecule has 5 heterocycles.